The second-order valence-electron chi connectivity index (χ2n) is 42.3. The van der Waals surface area contributed by atoms with E-state index in [9.17, 15) is 0 Å². The van der Waals surface area contributed by atoms with Gasteiger partial charge in [0.05, 0.1) is 0 Å². The molecule has 0 N–H and O–H groups in total. The molecule has 86 heavy (non-hydrogen) atoms. The average Bonchev–Trinajstić information content (AvgIpc) is 1.72. The Hall–Kier alpha value is 0. The fraction of sp³-hybridized carbons (Fsp3) is 1.00. The van der Waals surface area contributed by atoms with Crippen molar-refractivity contribution in [3.63, 3.8) is 0 Å². The van der Waals surface area contributed by atoms with Crippen LogP contribution in [0.3, 0.4) is 0 Å². The van der Waals surface area contributed by atoms with Crippen LogP contribution in [0.1, 0.15) is 421 Å². The van der Waals surface area contributed by atoms with Crippen molar-refractivity contribution >= 4 is 0 Å². The Bertz CT molecular complexity index is 1720. The zero-order chi connectivity index (χ0) is 66.3. The van der Waals surface area contributed by atoms with Crippen molar-refractivity contribution in [3.8, 4) is 0 Å². The van der Waals surface area contributed by atoms with E-state index in [0.29, 0.717) is 54.1 Å². The Morgan fingerprint density at radius 2 is 0.791 bits per heavy atom. The summed E-state index contributed by atoms with van der Waals surface area (Å²) < 4.78 is 0. The zero-order valence-electron chi connectivity index (χ0n) is 66.3. The maximum absolute atomic E-state index is 2.48. The molecule has 10 fully saturated rings. The summed E-state index contributed by atoms with van der Waals surface area (Å²) in [4.78, 5) is 0. The predicted octanol–water partition coefficient (Wildman–Crippen LogP) is 30.0. The smallest absolute Gasteiger partial charge is 0.0297 e. The second kappa shape index (κ2) is 33.9. The predicted molar refractivity (Wildman–Crippen MR) is 393 cm³/mol. The lowest BCUT2D eigenvalue weighted by atomic mass is 9.56. The molecular formula is C86H170. The summed E-state index contributed by atoms with van der Waals surface area (Å²) in [5.41, 5.74) is 6.61. The Labute approximate surface area is 548 Å². The van der Waals surface area contributed by atoms with E-state index in [1.54, 1.807) is 0 Å². The lowest BCUT2D eigenvalue weighted by molar-refractivity contribution is 0.0202. The maximum Gasteiger partial charge on any atom is -0.0297 e. The van der Waals surface area contributed by atoms with E-state index in [2.05, 4.69) is 222 Å². The van der Waals surface area contributed by atoms with Crippen molar-refractivity contribution in [2.24, 2.45) is 131 Å². The highest BCUT2D eigenvalue weighted by molar-refractivity contribution is 4.97. The average molecular weight is 1200 g/mol. The Balaban J connectivity index is 0.000000331. The molecule has 0 spiro atoms. The molecule has 0 aromatic rings. The molecule has 10 aliphatic rings. The summed E-state index contributed by atoms with van der Waals surface area (Å²) in [6, 6.07) is 0. The first kappa shape index (κ1) is 82.1. The highest BCUT2D eigenvalue weighted by Crippen LogP contribution is 2.57. The SMILES string of the molecule is CC(C)(C)C1CCC1.CC1(C)CC(C)(C)CC(C)(C)C1.CC1C(C)(C)CCCC1(C)C.CC1CC(C)(C)CC(C)(C)C1.CC1CCC(C)(C)CC1.CC1CCCC(C)C1C.CCC(C)C1CCC1.C[C@@H]1CCCCC1(C)C.C[C@H]1CC2CCC1(C)C2. The molecule has 0 aliphatic heterocycles. The third-order valence-electron chi connectivity index (χ3n) is 27.1. The fourth-order valence-electron chi connectivity index (χ4n) is 20.5. The summed E-state index contributed by atoms with van der Waals surface area (Å²) in [5.74, 6) is 11.9. The number of fused-ring (bicyclic) bond motifs is 2. The van der Waals surface area contributed by atoms with E-state index in [0.717, 1.165) is 76.4 Å². The van der Waals surface area contributed by atoms with Crippen molar-refractivity contribution in [1.29, 1.82) is 0 Å². The van der Waals surface area contributed by atoms with Crippen LogP contribution in [0.25, 0.3) is 0 Å². The lowest BCUT2D eigenvalue weighted by Crippen LogP contribution is -2.38. The van der Waals surface area contributed by atoms with Gasteiger partial charge in [-0.1, -0.05) is 311 Å². The summed E-state index contributed by atoms with van der Waals surface area (Å²) in [6.07, 6.45) is 45.0. The molecule has 0 heterocycles. The maximum atomic E-state index is 2.48. The van der Waals surface area contributed by atoms with Crippen LogP contribution >= 0.6 is 0 Å². The van der Waals surface area contributed by atoms with Gasteiger partial charge in [-0.15, -0.1) is 0 Å². The topological polar surface area (TPSA) is 0 Å². The number of hydrogen-bond donors (Lipinski definition) is 0. The van der Waals surface area contributed by atoms with Crippen LogP contribution in [0.4, 0.5) is 0 Å². The third-order valence-corrected chi connectivity index (χ3v) is 27.1. The highest BCUT2D eigenvalue weighted by atomic mass is 14.5. The summed E-state index contributed by atoms with van der Waals surface area (Å²) in [7, 11) is 0. The van der Waals surface area contributed by atoms with E-state index in [4.69, 9.17) is 0 Å². The van der Waals surface area contributed by atoms with Crippen LogP contribution in [0.5, 0.6) is 0 Å². The minimum Gasteiger partial charge on any atom is -0.0651 e. The van der Waals surface area contributed by atoms with Gasteiger partial charge in [-0.3, -0.25) is 0 Å². The van der Waals surface area contributed by atoms with Gasteiger partial charge in [-0.2, -0.15) is 0 Å². The normalized spacial score (nSPS) is 33.8. The molecule has 7 atom stereocenters. The second-order valence-corrected chi connectivity index (χ2v) is 42.3. The lowest BCUT2D eigenvalue weighted by Gasteiger charge is -2.49. The van der Waals surface area contributed by atoms with Crippen molar-refractivity contribution in [1.82, 2.24) is 0 Å². The van der Waals surface area contributed by atoms with Gasteiger partial charge >= 0.3 is 0 Å². The van der Waals surface area contributed by atoms with Crippen molar-refractivity contribution in [2.45, 2.75) is 421 Å². The van der Waals surface area contributed by atoms with E-state index in [1.165, 1.54) is 199 Å². The van der Waals surface area contributed by atoms with Gasteiger partial charge in [0.25, 0.3) is 0 Å². The standard InChI is InChI=1S/C12H24.2C11H22.C9H16.3C9H18.2C8H16/c1-10(2)7-11(3,4)9-12(5,6)8-10;1-9-6-10(2,3)8-11(4,5)7-9;1-9-10(2,3)7-6-8-11(9,4)5;1-7-5-8-3-4-9(7,2)6-8;1-8-4-6-9(2,3)7-5-8;1-8-6-4-5-7-9(8,2)3;1-7-5-4-6-8(2)9(7)3;1-8(2,3)7-5-4-6-7;1-3-7(2)8-5-4-6-8/h7-9H2,1-6H3;2*9H,6-8H2,1-5H3;7-8H,3-6H2,1-2H3;2*8H,4-7H2,1-3H3;7-9H,4-6H2,1-3H3;7H,4-6H2,1-3H3;7-8H,3-6H2,1-2H3/t;;;7-,8?,9?;;8-;;;/m...0.1.../s1. The molecule has 2 bridgehead atoms. The first-order valence-electron chi connectivity index (χ1n) is 38.9. The van der Waals surface area contributed by atoms with Gasteiger partial charge in [0.15, 0.2) is 0 Å². The molecule has 0 amide bonds. The van der Waals surface area contributed by atoms with Crippen LogP contribution in [-0.2, 0) is 0 Å². The Kier molecular flexibility index (Phi) is 32.4. The number of rotatable bonds is 2. The quantitative estimate of drug-likeness (QED) is 0.259. The van der Waals surface area contributed by atoms with Gasteiger partial charge in [0.1, 0.15) is 0 Å². The van der Waals surface area contributed by atoms with E-state index in [-0.39, 0.29) is 0 Å². The first-order valence-corrected chi connectivity index (χ1v) is 38.9. The summed E-state index contributed by atoms with van der Waals surface area (Å²) in [5, 5.41) is 0. The number of hydrogen-bond acceptors (Lipinski definition) is 0. The molecule has 0 radical (unpaired) electrons. The minimum atomic E-state index is 0.547. The molecule has 5 unspecified atom stereocenters. The van der Waals surface area contributed by atoms with E-state index < -0.39 is 0 Å². The molecule has 10 aliphatic carbocycles. The Morgan fingerprint density at radius 3 is 1.02 bits per heavy atom. The van der Waals surface area contributed by atoms with Crippen LogP contribution < -0.4 is 0 Å². The molecule has 10 rings (SSSR count). The monoisotopic (exact) mass is 1200 g/mol. The highest BCUT2D eigenvalue weighted by Gasteiger charge is 2.47. The van der Waals surface area contributed by atoms with Crippen molar-refractivity contribution in [3.05, 3.63) is 0 Å². The molecule has 0 aromatic heterocycles. The van der Waals surface area contributed by atoms with Crippen LogP contribution in [0.2, 0.25) is 0 Å². The first-order chi connectivity index (χ1) is 38.9. The van der Waals surface area contributed by atoms with Gasteiger partial charge in [0, 0.05) is 0 Å². The van der Waals surface area contributed by atoms with Crippen LogP contribution in [0.15, 0.2) is 0 Å². The third kappa shape index (κ3) is 30.0. The molecule has 0 heteroatoms. The van der Waals surface area contributed by atoms with E-state index >= 15 is 0 Å². The van der Waals surface area contributed by atoms with Crippen molar-refractivity contribution in [2.75, 3.05) is 0 Å². The minimum absolute atomic E-state index is 0.547. The van der Waals surface area contributed by atoms with Crippen LogP contribution in [-0.4, -0.2) is 0 Å². The summed E-state index contributed by atoms with van der Waals surface area (Å²) in [6.45, 7) is 76.7. The fourth-order valence-corrected chi connectivity index (χ4v) is 20.5. The molecule has 10 saturated carbocycles. The molecular weight excluding hydrogens is 1030 g/mol. The van der Waals surface area contributed by atoms with E-state index in [1.807, 2.05) is 0 Å². The largest absolute Gasteiger partial charge is 0.0651 e. The molecule has 0 saturated heterocycles. The van der Waals surface area contributed by atoms with Gasteiger partial charge in [0.2, 0.25) is 0 Å². The van der Waals surface area contributed by atoms with Crippen LogP contribution in [0, 0.1) is 131 Å². The van der Waals surface area contributed by atoms with Gasteiger partial charge < -0.3 is 0 Å². The zero-order valence-corrected chi connectivity index (χ0v) is 66.3. The van der Waals surface area contributed by atoms with Gasteiger partial charge in [-0.25, -0.2) is 0 Å². The Morgan fingerprint density at radius 1 is 0.372 bits per heavy atom. The van der Waals surface area contributed by atoms with Crippen molar-refractivity contribution < 1.29 is 0 Å². The molecule has 0 nitrogen and oxygen atoms in total. The summed E-state index contributed by atoms with van der Waals surface area (Å²) >= 11 is 0. The molecule has 514 valence electrons. The molecule has 0 aromatic carbocycles. The van der Waals surface area contributed by atoms with Gasteiger partial charge in [-0.05, 0) is 240 Å².